The number of aliphatic carboxylic acids is 1. The lowest BCUT2D eigenvalue weighted by Crippen LogP contribution is -2.18. The molecule has 1 unspecified atom stereocenters. The Balaban J connectivity index is 3.52. The van der Waals surface area contributed by atoms with E-state index in [0.29, 0.717) is 11.5 Å². The summed E-state index contributed by atoms with van der Waals surface area (Å²) < 4.78 is 11.5. The van der Waals surface area contributed by atoms with Gasteiger partial charge in [0.2, 0.25) is 0 Å². The summed E-state index contributed by atoms with van der Waals surface area (Å²) in [4.78, 5) is 10.9. The quantitative estimate of drug-likeness (QED) is 0.827. The molecule has 0 spiro atoms. The molecule has 0 aliphatic heterocycles. The minimum Gasteiger partial charge on any atom is -0.493 e. The molecule has 0 saturated heterocycles. The first-order chi connectivity index (χ1) is 9.33. The van der Waals surface area contributed by atoms with E-state index in [4.69, 9.17) is 20.3 Å². The summed E-state index contributed by atoms with van der Waals surface area (Å²) in [6.45, 7) is 4.00. The molecule has 3 N–H and O–H groups in total. The van der Waals surface area contributed by atoms with Crippen molar-refractivity contribution in [3.05, 3.63) is 21.7 Å². The Morgan fingerprint density at radius 2 is 1.95 bits per heavy atom. The molecule has 1 atom stereocenters. The van der Waals surface area contributed by atoms with Crippen molar-refractivity contribution in [3.63, 3.8) is 0 Å². The van der Waals surface area contributed by atoms with Crippen molar-refractivity contribution in [3.8, 4) is 11.5 Å². The van der Waals surface area contributed by atoms with Crippen LogP contribution in [0.1, 0.15) is 43.4 Å². The topological polar surface area (TPSA) is 81.8 Å². The summed E-state index contributed by atoms with van der Waals surface area (Å²) in [5.74, 6) is 0.371. The molecule has 0 radical (unpaired) electrons. The molecule has 1 aromatic rings. The minimum absolute atomic E-state index is 0.117. The SMILES string of the molecule is COc1cc(Br)c(C(N)CC(=O)O)c(C(C)C)c1OC. The second-order valence-corrected chi connectivity index (χ2v) is 5.63. The molecule has 0 aliphatic carbocycles. The number of halogens is 1. The molecule has 112 valence electrons. The fraction of sp³-hybridized carbons (Fsp3) is 0.500. The van der Waals surface area contributed by atoms with Crippen molar-refractivity contribution in [1.29, 1.82) is 0 Å². The fourth-order valence-corrected chi connectivity index (χ4v) is 2.96. The number of hydrogen-bond donors (Lipinski definition) is 2. The maximum Gasteiger partial charge on any atom is 0.305 e. The lowest BCUT2D eigenvalue weighted by molar-refractivity contribution is -0.137. The van der Waals surface area contributed by atoms with Gasteiger partial charge in [0.05, 0.1) is 20.6 Å². The van der Waals surface area contributed by atoms with Gasteiger partial charge in [0.1, 0.15) is 0 Å². The van der Waals surface area contributed by atoms with Gasteiger partial charge in [-0.15, -0.1) is 0 Å². The van der Waals surface area contributed by atoms with Crippen molar-refractivity contribution in [2.75, 3.05) is 14.2 Å². The average molecular weight is 346 g/mol. The molecule has 1 aromatic carbocycles. The first-order valence-electron chi connectivity index (χ1n) is 6.25. The van der Waals surface area contributed by atoms with Crippen LogP contribution in [0.3, 0.4) is 0 Å². The molecule has 0 fully saturated rings. The van der Waals surface area contributed by atoms with Gasteiger partial charge in [-0.1, -0.05) is 29.8 Å². The normalized spacial score (nSPS) is 12.3. The van der Waals surface area contributed by atoms with Crippen molar-refractivity contribution < 1.29 is 19.4 Å². The van der Waals surface area contributed by atoms with E-state index in [1.807, 2.05) is 13.8 Å². The van der Waals surface area contributed by atoms with Gasteiger partial charge >= 0.3 is 5.97 Å². The summed E-state index contributed by atoms with van der Waals surface area (Å²) in [6, 6.07) is 1.14. The molecule has 20 heavy (non-hydrogen) atoms. The van der Waals surface area contributed by atoms with Crippen molar-refractivity contribution >= 4 is 21.9 Å². The van der Waals surface area contributed by atoms with Gasteiger partial charge in [-0.05, 0) is 17.5 Å². The van der Waals surface area contributed by atoms with Gasteiger partial charge in [0, 0.05) is 16.1 Å². The zero-order valence-corrected chi connectivity index (χ0v) is 13.7. The van der Waals surface area contributed by atoms with Crippen LogP contribution in [0.15, 0.2) is 10.5 Å². The van der Waals surface area contributed by atoms with E-state index in [1.165, 1.54) is 0 Å². The van der Waals surface area contributed by atoms with Crippen LogP contribution >= 0.6 is 15.9 Å². The Hall–Kier alpha value is -1.27. The Kier molecular flexibility index (Phi) is 5.83. The highest BCUT2D eigenvalue weighted by atomic mass is 79.9. The summed E-state index contributed by atoms with van der Waals surface area (Å²) >= 11 is 3.45. The van der Waals surface area contributed by atoms with E-state index in [9.17, 15) is 4.79 Å². The number of rotatable bonds is 6. The molecule has 0 amide bonds. The fourth-order valence-electron chi connectivity index (χ4n) is 2.24. The number of ether oxygens (including phenoxy) is 2. The molecule has 1 rings (SSSR count). The smallest absolute Gasteiger partial charge is 0.305 e. The third kappa shape index (κ3) is 3.43. The highest BCUT2D eigenvalue weighted by molar-refractivity contribution is 9.10. The first kappa shape index (κ1) is 16.8. The summed E-state index contributed by atoms with van der Waals surface area (Å²) in [6.07, 6.45) is -0.145. The second kappa shape index (κ2) is 6.95. The average Bonchev–Trinajstić information content (AvgIpc) is 2.35. The van der Waals surface area contributed by atoms with Crippen LogP contribution in [0, 0.1) is 0 Å². The number of carboxylic acids is 1. The van der Waals surface area contributed by atoms with E-state index >= 15 is 0 Å². The van der Waals surface area contributed by atoms with Gasteiger partial charge in [-0.3, -0.25) is 4.79 Å². The number of nitrogens with two attached hydrogens (primary N) is 1. The minimum atomic E-state index is -0.936. The van der Waals surface area contributed by atoms with Crippen molar-refractivity contribution in [2.45, 2.75) is 32.2 Å². The summed E-state index contributed by atoms with van der Waals surface area (Å²) in [7, 11) is 3.12. The predicted molar refractivity (Wildman–Crippen MR) is 80.5 cm³/mol. The standard InChI is InChI=1S/C14H20BrNO4/c1-7(2)12-13(9(16)6-11(17)18)8(15)5-10(19-3)14(12)20-4/h5,7,9H,6,16H2,1-4H3,(H,17,18). The maximum atomic E-state index is 10.9. The lowest BCUT2D eigenvalue weighted by Gasteiger charge is -2.24. The highest BCUT2D eigenvalue weighted by Crippen LogP contribution is 2.44. The number of carboxylic acid groups (broad SMARTS) is 1. The van der Waals surface area contributed by atoms with Crippen LogP contribution in [0.25, 0.3) is 0 Å². The Bertz CT molecular complexity index is 502. The van der Waals surface area contributed by atoms with E-state index in [1.54, 1.807) is 20.3 Å². The molecule has 0 bridgehead atoms. The summed E-state index contributed by atoms with van der Waals surface area (Å²) in [5, 5.41) is 8.94. The van der Waals surface area contributed by atoms with E-state index in [0.717, 1.165) is 15.6 Å². The lowest BCUT2D eigenvalue weighted by atomic mass is 9.90. The monoisotopic (exact) mass is 345 g/mol. The molecule has 0 aromatic heterocycles. The number of benzene rings is 1. The number of carbonyl (C=O) groups is 1. The molecule has 0 saturated carbocycles. The Morgan fingerprint density at radius 1 is 1.35 bits per heavy atom. The molecule has 0 heterocycles. The molecule has 0 aliphatic rings. The Labute approximate surface area is 127 Å². The van der Waals surface area contributed by atoms with Crippen LogP contribution in [0.5, 0.6) is 11.5 Å². The first-order valence-corrected chi connectivity index (χ1v) is 7.04. The third-order valence-electron chi connectivity index (χ3n) is 3.04. The molecule has 6 heteroatoms. The van der Waals surface area contributed by atoms with Gasteiger partial charge in [0.25, 0.3) is 0 Å². The van der Waals surface area contributed by atoms with E-state index in [-0.39, 0.29) is 12.3 Å². The van der Waals surface area contributed by atoms with E-state index in [2.05, 4.69) is 15.9 Å². The number of methoxy groups -OCH3 is 2. The largest absolute Gasteiger partial charge is 0.493 e. The van der Waals surface area contributed by atoms with Crippen molar-refractivity contribution in [2.24, 2.45) is 5.73 Å². The Morgan fingerprint density at radius 3 is 2.35 bits per heavy atom. The molecule has 5 nitrogen and oxygen atoms in total. The predicted octanol–water partition coefficient (Wildman–Crippen LogP) is 3.06. The molecular weight excluding hydrogens is 326 g/mol. The van der Waals surface area contributed by atoms with E-state index < -0.39 is 12.0 Å². The number of hydrogen-bond acceptors (Lipinski definition) is 4. The van der Waals surface area contributed by atoms with Crippen molar-refractivity contribution in [1.82, 2.24) is 0 Å². The van der Waals surface area contributed by atoms with Crippen LogP contribution in [-0.4, -0.2) is 25.3 Å². The molecular formula is C14H20BrNO4. The van der Waals surface area contributed by atoms with Gasteiger partial charge in [-0.25, -0.2) is 0 Å². The third-order valence-corrected chi connectivity index (χ3v) is 3.70. The van der Waals surface area contributed by atoms with Gasteiger partial charge in [0.15, 0.2) is 11.5 Å². The van der Waals surface area contributed by atoms with Crippen LogP contribution < -0.4 is 15.2 Å². The highest BCUT2D eigenvalue weighted by Gasteiger charge is 2.25. The zero-order valence-electron chi connectivity index (χ0n) is 12.1. The zero-order chi connectivity index (χ0) is 15.4. The van der Waals surface area contributed by atoms with Crippen LogP contribution in [0.4, 0.5) is 0 Å². The van der Waals surface area contributed by atoms with Crippen LogP contribution in [-0.2, 0) is 4.79 Å². The van der Waals surface area contributed by atoms with Gasteiger partial charge < -0.3 is 20.3 Å². The maximum absolute atomic E-state index is 10.9. The summed E-state index contributed by atoms with van der Waals surface area (Å²) in [5.41, 5.74) is 7.66. The second-order valence-electron chi connectivity index (χ2n) is 4.78. The van der Waals surface area contributed by atoms with Crippen LogP contribution in [0.2, 0.25) is 0 Å². The van der Waals surface area contributed by atoms with Gasteiger partial charge in [-0.2, -0.15) is 0 Å².